The fourth-order valence-corrected chi connectivity index (χ4v) is 3.27. The molecule has 0 spiro atoms. The topological polar surface area (TPSA) is 45.5 Å². The second kappa shape index (κ2) is 7.96. The first kappa shape index (κ1) is 17.2. The van der Waals surface area contributed by atoms with Gasteiger partial charge in [-0.1, -0.05) is 30.3 Å². The first-order valence-electron chi connectivity index (χ1n) is 9.27. The first-order chi connectivity index (χ1) is 13.3. The van der Waals surface area contributed by atoms with Crippen LogP contribution in [0.2, 0.25) is 0 Å². The molecule has 4 nitrogen and oxygen atoms in total. The summed E-state index contributed by atoms with van der Waals surface area (Å²) >= 11 is 0. The van der Waals surface area contributed by atoms with Crippen LogP contribution in [0.15, 0.2) is 77.2 Å². The second-order valence-electron chi connectivity index (χ2n) is 6.63. The van der Waals surface area contributed by atoms with Gasteiger partial charge in [0.05, 0.1) is 0 Å². The van der Waals surface area contributed by atoms with Crippen LogP contribution >= 0.6 is 0 Å². The molecule has 1 saturated heterocycles. The molecular weight excluding hydrogens is 336 g/mol. The summed E-state index contributed by atoms with van der Waals surface area (Å²) in [7, 11) is 0. The van der Waals surface area contributed by atoms with E-state index in [1.54, 1.807) is 6.08 Å². The zero-order chi connectivity index (χ0) is 18.5. The summed E-state index contributed by atoms with van der Waals surface area (Å²) in [4.78, 5) is 14.5. The van der Waals surface area contributed by atoms with E-state index in [0.29, 0.717) is 5.76 Å². The van der Waals surface area contributed by atoms with Crippen molar-refractivity contribution in [2.45, 2.75) is 12.8 Å². The van der Waals surface area contributed by atoms with Gasteiger partial charge in [-0.05, 0) is 55.3 Å². The Hall–Kier alpha value is -3.27. The van der Waals surface area contributed by atoms with E-state index < -0.39 is 0 Å². The van der Waals surface area contributed by atoms with Gasteiger partial charge in [-0.15, -0.1) is 0 Å². The van der Waals surface area contributed by atoms with Gasteiger partial charge in [0.25, 0.3) is 0 Å². The van der Waals surface area contributed by atoms with Crippen LogP contribution in [-0.4, -0.2) is 19.0 Å². The molecule has 2 heterocycles. The highest BCUT2D eigenvalue weighted by Gasteiger charge is 2.11. The van der Waals surface area contributed by atoms with Crippen LogP contribution < -0.4 is 10.2 Å². The third-order valence-corrected chi connectivity index (χ3v) is 4.69. The minimum Gasteiger partial charge on any atom is -0.457 e. The van der Waals surface area contributed by atoms with Crippen molar-refractivity contribution in [2.75, 3.05) is 23.3 Å². The van der Waals surface area contributed by atoms with Gasteiger partial charge in [0.2, 0.25) is 5.91 Å². The molecular formula is C23H22N2O2. The summed E-state index contributed by atoms with van der Waals surface area (Å²) in [5.41, 5.74) is 3.02. The Morgan fingerprint density at radius 2 is 1.67 bits per heavy atom. The summed E-state index contributed by atoms with van der Waals surface area (Å²) in [5.74, 6) is 1.25. The quantitative estimate of drug-likeness (QED) is 0.638. The Bertz CT molecular complexity index is 921. The minimum absolute atomic E-state index is 0.179. The molecule has 3 aromatic rings. The summed E-state index contributed by atoms with van der Waals surface area (Å²) < 4.78 is 5.77. The molecule has 4 heteroatoms. The van der Waals surface area contributed by atoms with Crippen molar-refractivity contribution in [1.29, 1.82) is 0 Å². The number of carbonyl (C=O) groups excluding carboxylic acids is 1. The number of nitrogens with one attached hydrogen (secondary N) is 1. The molecule has 1 aromatic heterocycles. The van der Waals surface area contributed by atoms with E-state index >= 15 is 0 Å². The molecule has 0 aliphatic carbocycles. The molecule has 0 saturated carbocycles. The van der Waals surface area contributed by atoms with Gasteiger partial charge >= 0.3 is 0 Å². The lowest BCUT2D eigenvalue weighted by atomic mass is 10.2. The van der Waals surface area contributed by atoms with Crippen molar-refractivity contribution in [3.63, 3.8) is 0 Å². The van der Waals surface area contributed by atoms with Gasteiger partial charge in [-0.2, -0.15) is 0 Å². The molecule has 1 fully saturated rings. The average molecular weight is 358 g/mol. The molecule has 0 radical (unpaired) electrons. The average Bonchev–Trinajstić information content (AvgIpc) is 3.40. The van der Waals surface area contributed by atoms with Gasteiger partial charge in [0.15, 0.2) is 0 Å². The van der Waals surface area contributed by atoms with Gasteiger partial charge < -0.3 is 14.6 Å². The van der Waals surface area contributed by atoms with Gasteiger partial charge in [0, 0.05) is 36.1 Å². The molecule has 1 N–H and O–H groups in total. The SMILES string of the molecule is O=C(/C=C/c1ccc(-c2ccccc2)o1)Nc1ccc(N2CCCC2)cc1. The van der Waals surface area contributed by atoms with Crippen LogP contribution in [-0.2, 0) is 4.79 Å². The Labute approximate surface area is 159 Å². The molecule has 0 atom stereocenters. The number of hydrogen-bond acceptors (Lipinski definition) is 3. The molecule has 1 aliphatic rings. The lowest BCUT2D eigenvalue weighted by Gasteiger charge is -2.17. The van der Waals surface area contributed by atoms with Crippen molar-refractivity contribution in [3.8, 4) is 11.3 Å². The number of amides is 1. The number of hydrogen-bond donors (Lipinski definition) is 1. The lowest BCUT2D eigenvalue weighted by Crippen LogP contribution is -2.17. The fourth-order valence-electron chi connectivity index (χ4n) is 3.27. The highest BCUT2D eigenvalue weighted by molar-refractivity contribution is 6.01. The maximum atomic E-state index is 12.2. The van der Waals surface area contributed by atoms with E-state index in [1.807, 2.05) is 54.6 Å². The molecule has 27 heavy (non-hydrogen) atoms. The third-order valence-electron chi connectivity index (χ3n) is 4.69. The number of carbonyl (C=O) groups is 1. The number of anilines is 2. The monoisotopic (exact) mass is 358 g/mol. The number of furan rings is 1. The van der Waals surface area contributed by atoms with Crippen molar-refractivity contribution in [2.24, 2.45) is 0 Å². The van der Waals surface area contributed by atoms with Gasteiger partial charge in [0.1, 0.15) is 11.5 Å². The fraction of sp³-hybridized carbons (Fsp3) is 0.174. The highest BCUT2D eigenvalue weighted by atomic mass is 16.3. The zero-order valence-corrected chi connectivity index (χ0v) is 15.1. The van der Waals surface area contributed by atoms with Crippen LogP contribution in [0.25, 0.3) is 17.4 Å². The van der Waals surface area contributed by atoms with Crippen molar-refractivity contribution in [1.82, 2.24) is 0 Å². The molecule has 0 bridgehead atoms. The molecule has 4 rings (SSSR count). The third kappa shape index (κ3) is 4.29. The second-order valence-corrected chi connectivity index (χ2v) is 6.63. The Morgan fingerprint density at radius 1 is 0.926 bits per heavy atom. The number of benzene rings is 2. The van der Waals surface area contributed by atoms with E-state index in [2.05, 4.69) is 22.3 Å². The normalized spacial score (nSPS) is 14.0. The predicted octanol–water partition coefficient (Wildman–Crippen LogP) is 5.20. The minimum atomic E-state index is -0.179. The number of nitrogens with zero attached hydrogens (tertiary/aromatic N) is 1. The maximum absolute atomic E-state index is 12.2. The van der Waals surface area contributed by atoms with Crippen molar-refractivity contribution >= 4 is 23.4 Å². The molecule has 0 unspecified atom stereocenters. The summed E-state index contributed by atoms with van der Waals surface area (Å²) in [6.45, 7) is 2.23. The summed E-state index contributed by atoms with van der Waals surface area (Å²) in [6.07, 6.45) is 5.67. The van der Waals surface area contributed by atoms with Crippen LogP contribution in [0.4, 0.5) is 11.4 Å². The van der Waals surface area contributed by atoms with E-state index in [4.69, 9.17) is 4.42 Å². The molecule has 136 valence electrons. The Kier molecular flexibility index (Phi) is 5.06. The van der Waals surface area contributed by atoms with Crippen LogP contribution in [0, 0.1) is 0 Å². The predicted molar refractivity (Wildman–Crippen MR) is 110 cm³/mol. The largest absolute Gasteiger partial charge is 0.457 e. The Morgan fingerprint density at radius 3 is 2.41 bits per heavy atom. The van der Waals surface area contributed by atoms with Crippen LogP contribution in [0.1, 0.15) is 18.6 Å². The smallest absolute Gasteiger partial charge is 0.248 e. The molecule has 1 amide bonds. The summed E-state index contributed by atoms with van der Waals surface area (Å²) in [6, 6.07) is 21.7. The molecule has 1 aliphatic heterocycles. The standard InChI is InChI=1S/C23H22N2O2/c26-23(24-19-8-10-20(11-9-19)25-16-4-5-17-25)15-13-21-12-14-22(27-21)18-6-2-1-3-7-18/h1-3,6-15H,4-5,16-17H2,(H,24,26)/b15-13+. The molecule has 2 aromatic carbocycles. The Balaban J connectivity index is 1.35. The lowest BCUT2D eigenvalue weighted by molar-refractivity contribution is -0.111. The highest BCUT2D eigenvalue weighted by Crippen LogP contribution is 2.23. The maximum Gasteiger partial charge on any atom is 0.248 e. The zero-order valence-electron chi connectivity index (χ0n) is 15.1. The van der Waals surface area contributed by atoms with E-state index in [9.17, 15) is 4.79 Å². The van der Waals surface area contributed by atoms with Crippen molar-refractivity contribution < 1.29 is 9.21 Å². The van der Waals surface area contributed by atoms with Crippen LogP contribution in [0.5, 0.6) is 0 Å². The van der Waals surface area contributed by atoms with E-state index in [-0.39, 0.29) is 5.91 Å². The first-order valence-corrected chi connectivity index (χ1v) is 9.27. The van der Waals surface area contributed by atoms with Crippen molar-refractivity contribution in [3.05, 3.63) is 78.6 Å². The van der Waals surface area contributed by atoms with E-state index in [0.717, 1.165) is 30.1 Å². The van der Waals surface area contributed by atoms with Gasteiger partial charge in [-0.3, -0.25) is 4.79 Å². The summed E-state index contributed by atoms with van der Waals surface area (Å²) in [5, 5.41) is 2.88. The number of rotatable bonds is 5. The van der Waals surface area contributed by atoms with Gasteiger partial charge in [-0.25, -0.2) is 0 Å². The van der Waals surface area contributed by atoms with Crippen LogP contribution in [0.3, 0.4) is 0 Å². The van der Waals surface area contributed by atoms with E-state index in [1.165, 1.54) is 24.6 Å².